The lowest BCUT2D eigenvalue weighted by molar-refractivity contribution is 0.927. The van der Waals surface area contributed by atoms with Crippen LogP contribution in [-0.4, -0.2) is 11.0 Å². The van der Waals surface area contributed by atoms with Crippen molar-refractivity contribution >= 4 is 28.1 Å². The number of hydrogen-bond donors (Lipinski definition) is 1. The summed E-state index contributed by atoms with van der Waals surface area (Å²) in [6.45, 7) is 2.23. The zero-order valence-electron chi connectivity index (χ0n) is 6.17. The highest BCUT2D eigenvalue weighted by Gasteiger charge is 2.32. The van der Waals surface area contributed by atoms with E-state index in [4.69, 9.17) is 11.6 Å². The zero-order valence-corrected chi connectivity index (χ0v) is 7.75. The van der Waals surface area contributed by atoms with Gasteiger partial charge >= 0.3 is 0 Å². The number of rotatable bonds is 2. The van der Waals surface area contributed by atoms with Gasteiger partial charge in [0, 0.05) is 6.04 Å². The van der Waals surface area contributed by atoms with Gasteiger partial charge in [-0.2, -0.15) is 0 Å². The van der Waals surface area contributed by atoms with Crippen LogP contribution in [0.4, 0.5) is 5.13 Å². The van der Waals surface area contributed by atoms with Crippen molar-refractivity contribution in [2.45, 2.75) is 19.4 Å². The highest BCUT2D eigenvalue weighted by molar-refractivity contribution is 7.19. The Hall–Kier alpha value is -0.280. The molecule has 2 unspecified atom stereocenters. The first-order chi connectivity index (χ1) is 5.25. The van der Waals surface area contributed by atoms with E-state index < -0.39 is 0 Å². The molecule has 1 aromatic rings. The van der Waals surface area contributed by atoms with Gasteiger partial charge in [-0.05, 0) is 12.3 Å². The van der Waals surface area contributed by atoms with Gasteiger partial charge < -0.3 is 5.32 Å². The van der Waals surface area contributed by atoms with Crippen LogP contribution in [0.25, 0.3) is 0 Å². The Morgan fingerprint density at radius 3 is 3.00 bits per heavy atom. The fraction of sp³-hybridized carbons (Fsp3) is 0.571. The third-order valence-corrected chi connectivity index (χ3v) is 2.94. The summed E-state index contributed by atoms with van der Waals surface area (Å²) in [5, 5.41) is 4.26. The van der Waals surface area contributed by atoms with Gasteiger partial charge in [-0.25, -0.2) is 4.98 Å². The molecule has 0 aromatic carbocycles. The number of hydrogen-bond acceptors (Lipinski definition) is 3. The van der Waals surface area contributed by atoms with E-state index in [1.807, 2.05) is 0 Å². The van der Waals surface area contributed by atoms with Gasteiger partial charge in [-0.3, -0.25) is 0 Å². The van der Waals surface area contributed by atoms with Gasteiger partial charge in [-0.1, -0.05) is 29.9 Å². The van der Waals surface area contributed by atoms with Crippen LogP contribution in [0.5, 0.6) is 0 Å². The Balaban J connectivity index is 1.96. The minimum Gasteiger partial charge on any atom is -0.358 e. The molecule has 60 valence electrons. The first-order valence-corrected chi connectivity index (χ1v) is 4.83. The van der Waals surface area contributed by atoms with Crippen molar-refractivity contribution in [3.63, 3.8) is 0 Å². The minimum atomic E-state index is 0.636. The van der Waals surface area contributed by atoms with Gasteiger partial charge in [0.1, 0.15) is 4.34 Å². The summed E-state index contributed by atoms with van der Waals surface area (Å²) in [7, 11) is 0. The smallest absolute Gasteiger partial charge is 0.184 e. The monoisotopic (exact) mass is 188 g/mol. The van der Waals surface area contributed by atoms with E-state index in [2.05, 4.69) is 17.2 Å². The van der Waals surface area contributed by atoms with Crippen molar-refractivity contribution in [3.8, 4) is 0 Å². The van der Waals surface area contributed by atoms with Gasteiger partial charge in [0.15, 0.2) is 5.13 Å². The Morgan fingerprint density at radius 1 is 1.82 bits per heavy atom. The molecular weight excluding hydrogens is 180 g/mol. The van der Waals surface area contributed by atoms with E-state index in [0.717, 1.165) is 15.4 Å². The molecule has 1 heterocycles. The number of nitrogens with one attached hydrogen (secondary N) is 1. The predicted octanol–water partition coefficient (Wildman–Crippen LogP) is 2.62. The molecule has 1 aliphatic carbocycles. The molecule has 0 amide bonds. The maximum atomic E-state index is 5.72. The number of nitrogens with zero attached hydrogens (tertiary/aromatic N) is 1. The minimum absolute atomic E-state index is 0.636. The Morgan fingerprint density at radius 2 is 2.55 bits per heavy atom. The van der Waals surface area contributed by atoms with E-state index in [0.29, 0.717) is 6.04 Å². The molecule has 2 atom stereocenters. The van der Waals surface area contributed by atoms with Crippen LogP contribution in [0.3, 0.4) is 0 Å². The quantitative estimate of drug-likeness (QED) is 0.772. The number of thiazole rings is 1. The molecule has 4 heteroatoms. The van der Waals surface area contributed by atoms with Crippen LogP contribution >= 0.6 is 22.9 Å². The molecule has 0 radical (unpaired) electrons. The maximum absolute atomic E-state index is 5.72. The zero-order chi connectivity index (χ0) is 7.84. The molecule has 11 heavy (non-hydrogen) atoms. The van der Waals surface area contributed by atoms with Crippen molar-refractivity contribution in [3.05, 3.63) is 10.5 Å². The van der Waals surface area contributed by atoms with Crippen LogP contribution in [0.15, 0.2) is 6.20 Å². The van der Waals surface area contributed by atoms with Crippen LogP contribution in [0.2, 0.25) is 4.34 Å². The van der Waals surface area contributed by atoms with Crippen molar-refractivity contribution in [2.24, 2.45) is 5.92 Å². The van der Waals surface area contributed by atoms with E-state index in [1.54, 1.807) is 6.20 Å². The predicted molar refractivity (Wildman–Crippen MR) is 48.3 cm³/mol. The molecule has 0 saturated heterocycles. The van der Waals surface area contributed by atoms with Crippen LogP contribution in [0.1, 0.15) is 13.3 Å². The maximum Gasteiger partial charge on any atom is 0.184 e. The Labute approximate surface area is 74.6 Å². The molecule has 1 saturated carbocycles. The third kappa shape index (κ3) is 1.65. The normalized spacial score (nSPS) is 28.5. The summed E-state index contributed by atoms with van der Waals surface area (Å²) in [4.78, 5) is 4.11. The van der Waals surface area contributed by atoms with Crippen molar-refractivity contribution in [2.75, 3.05) is 5.32 Å². The summed E-state index contributed by atoms with van der Waals surface area (Å²) < 4.78 is 0.751. The lowest BCUT2D eigenvalue weighted by Crippen LogP contribution is -2.02. The van der Waals surface area contributed by atoms with Gasteiger partial charge in [-0.15, -0.1) is 0 Å². The lowest BCUT2D eigenvalue weighted by Gasteiger charge is -1.96. The van der Waals surface area contributed by atoms with E-state index in [1.165, 1.54) is 17.8 Å². The Bertz CT molecular complexity index is 261. The van der Waals surface area contributed by atoms with Gasteiger partial charge in [0.2, 0.25) is 0 Å². The first kappa shape index (κ1) is 7.37. The summed E-state index contributed by atoms with van der Waals surface area (Å²) in [5.41, 5.74) is 0. The van der Waals surface area contributed by atoms with E-state index in [-0.39, 0.29) is 0 Å². The topological polar surface area (TPSA) is 24.9 Å². The number of aromatic nitrogens is 1. The Kier molecular flexibility index (Phi) is 1.77. The first-order valence-electron chi connectivity index (χ1n) is 3.63. The van der Waals surface area contributed by atoms with E-state index in [9.17, 15) is 0 Å². The fourth-order valence-corrected chi connectivity index (χ4v) is 1.88. The molecule has 1 aromatic heterocycles. The molecule has 0 spiro atoms. The summed E-state index contributed by atoms with van der Waals surface area (Å²) in [6, 6.07) is 0.636. The highest BCUT2D eigenvalue weighted by Crippen LogP contribution is 2.34. The molecule has 1 N–H and O–H groups in total. The molecule has 2 nitrogen and oxygen atoms in total. The van der Waals surface area contributed by atoms with Crippen molar-refractivity contribution in [1.29, 1.82) is 0 Å². The third-order valence-electron chi connectivity index (χ3n) is 1.90. The van der Waals surface area contributed by atoms with Crippen LogP contribution < -0.4 is 5.32 Å². The number of anilines is 1. The molecular formula is C7H9ClN2S. The van der Waals surface area contributed by atoms with E-state index >= 15 is 0 Å². The highest BCUT2D eigenvalue weighted by atomic mass is 35.5. The molecule has 2 rings (SSSR count). The van der Waals surface area contributed by atoms with Gasteiger partial charge in [0.25, 0.3) is 0 Å². The largest absolute Gasteiger partial charge is 0.358 e. The molecule has 1 aliphatic rings. The summed E-state index contributed by atoms with van der Waals surface area (Å²) in [6.07, 6.45) is 2.94. The number of halogens is 1. The second-order valence-corrected chi connectivity index (χ2v) is 4.60. The van der Waals surface area contributed by atoms with Crippen LogP contribution in [0, 0.1) is 5.92 Å². The van der Waals surface area contributed by atoms with Gasteiger partial charge in [0.05, 0.1) is 6.20 Å². The lowest BCUT2D eigenvalue weighted by atomic mass is 10.5. The van der Waals surface area contributed by atoms with Crippen molar-refractivity contribution < 1.29 is 0 Å². The fourth-order valence-electron chi connectivity index (χ4n) is 1.00. The molecule has 1 fully saturated rings. The SMILES string of the molecule is CC1CC1Nc1ncc(Cl)s1. The average Bonchev–Trinajstić information content (AvgIpc) is 2.42. The summed E-state index contributed by atoms with van der Waals surface area (Å²) >= 11 is 7.22. The molecule has 0 aliphatic heterocycles. The second-order valence-electron chi connectivity index (χ2n) is 2.93. The standard InChI is InChI=1S/C7H9ClN2S/c1-4-2-5(4)10-7-9-3-6(8)11-7/h3-5H,2H2,1H3,(H,9,10). The van der Waals surface area contributed by atoms with Crippen molar-refractivity contribution in [1.82, 2.24) is 4.98 Å². The average molecular weight is 189 g/mol. The van der Waals surface area contributed by atoms with Crippen LogP contribution in [-0.2, 0) is 0 Å². The summed E-state index contributed by atoms with van der Waals surface area (Å²) in [5.74, 6) is 0.803. The molecule has 0 bridgehead atoms. The second kappa shape index (κ2) is 2.64.